The van der Waals surface area contributed by atoms with Gasteiger partial charge in [-0.2, -0.15) is 0 Å². The first kappa shape index (κ1) is 13.7. The van der Waals surface area contributed by atoms with Crippen molar-refractivity contribution in [3.8, 4) is 5.75 Å². The van der Waals surface area contributed by atoms with Crippen molar-refractivity contribution < 1.29 is 14.3 Å². The molecule has 2 heterocycles. The van der Waals surface area contributed by atoms with Gasteiger partial charge in [-0.1, -0.05) is 12.1 Å². The Morgan fingerprint density at radius 3 is 2.95 bits per heavy atom. The number of nitrogens with one attached hydrogen (secondary N) is 1. The highest BCUT2D eigenvalue weighted by Gasteiger charge is 2.44. The summed E-state index contributed by atoms with van der Waals surface area (Å²) in [4.78, 5) is 28.0. The van der Waals surface area contributed by atoms with Crippen molar-refractivity contribution in [1.82, 2.24) is 10.2 Å². The summed E-state index contributed by atoms with van der Waals surface area (Å²) in [7, 11) is 1.72. The lowest BCUT2D eigenvalue weighted by molar-refractivity contribution is -0.122. The lowest BCUT2D eigenvalue weighted by Gasteiger charge is -2.29. The molecule has 3 amide bonds. The highest BCUT2D eigenvalue weighted by molar-refractivity contribution is 6.00. The van der Waals surface area contributed by atoms with Crippen molar-refractivity contribution in [1.29, 1.82) is 0 Å². The van der Waals surface area contributed by atoms with Gasteiger partial charge in [0, 0.05) is 20.0 Å². The van der Waals surface area contributed by atoms with Crippen molar-refractivity contribution in [3.63, 3.8) is 0 Å². The Hall–Kier alpha value is -2.24. The molecule has 1 fully saturated rings. The molecule has 2 aliphatic rings. The number of nitrogens with zero attached hydrogens (tertiary/aromatic N) is 2. The zero-order valence-electron chi connectivity index (χ0n) is 12.2. The summed E-state index contributed by atoms with van der Waals surface area (Å²) in [5.41, 5.74) is 0.745. The molecule has 2 bridgehead atoms. The molecule has 112 valence electrons. The average Bonchev–Trinajstić information content (AvgIpc) is 2.90. The van der Waals surface area contributed by atoms with Crippen LogP contribution in [0.2, 0.25) is 0 Å². The molecule has 1 aromatic carbocycles. The van der Waals surface area contributed by atoms with Crippen LogP contribution in [-0.4, -0.2) is 49.1 Å². The first-order valence-corrected chi connectivity index (χ1v) is 7.19. The number of likely N-dealkylation sites (N-methyl/N-ethyl adjacent to an activating group) is 1. The summed E-state index contributed by atoms with van der Waals surface area (Å²) in [6.45, 7) is 2.83. The molecule has 1 aromatic rings. The van der Waals surface area contributed by atoms with E-state index in [0.717, 1.165) is 5.69 Å². The molecule has 3 rings (SSSR count). The Balaban J connectivity index is 1.94. The Kier molecular flexibility index (Phi) is 3.45. The van der Waals surface area contributed by atoms with Crippen molar-refractivity contribution in [2.24, 2.45) is 0 Å². The molecule has 0 spiro atoms. The molecular formula is C15H19N3O3. The quantitative estimate of drug-likeness (QED) is 0.845. The van der Waals surface area contributed by atoms with Crippen LogP contribution in [-0.2, 0) is 4.79 Å². The number of urea groups is 1. The van der Waals surface area contributed by atoms with E-state index in [-0.39, 0.29) is 18.0 Å². The van der Waals surface area contributed by atoms with E-state index in [4.69, 9.17) is 4.74 Å². The lowest BCUT2D eigenvalue weighted by Crippen LogP contribution is -2.50. The van der Waals surface area contributed by atoms with Gasteiger partial charge in [0.25, 0.3) is 0 Å². The number of carbonyl (C=O) groups is 2. The number of carbonyl (C=O) groups excluding carboxylic acids is 2. The maximum atomic E-state index is 12.7. The van der Waals surface area contributed by atoms with Crippen molar-refractivity contribution in [2.75, 3.05) is 25.0 Å². The summed E-state index contributed by atoms with van der Waals surface area (Å²) in [6, 6.07) is 6.80. The van der Waals surface area contributed by atoms with Crippen LogP contribution in [0.5, 0.6) is 5.75 Å². The summed E-state index contributed by atoms with van der Waals surface area (Å²) >= 11 is 0. The van der Waals surface area contributed by atoms with Gasteiger partial charge in [0.2, 0.25) is 5.91 Å². The van der Waals surface area contributed by atoms with E-state index >= 15 is 0 Å². The van der Waals surface area contributed by atoms with E-state index < -0.39 is 6.04 Å². The number of rotatable bonds is 1. The molecule has 0 aliphatic carbocycles. The molecule has 6 heteroatoms. The van der Waals surface area contributed by atoms with Crippen LogP contribution in [0.1, 0.15) is 13.3 Å². The van der Waals surface area contributed by atoms with Gasteiger partial charge in [0.15, 0.2) is 0 Å². The van der Waals surface area contributed by atoms with Crippen LogP contribution in [0.15, 0.2) is 24.3 Å². The summed E-state index contributed by atoms with van der Waals surface area (Å²) in [5.74, 6) is 0.619. The zero-order chi connectivity index (χ0) is 15.0. The fourth-order valence-electron chi connectivity index (χ4n) is 2.95. The van der Waals surface area contributed by atoms with E-state index in [1.54, 1.807) is 16.8 Å². The van der Waals surface area contributed by atoms with Crippen molar-refractivity contribution >= 4 is 17.6 Å². The van der Waals surface area contributed by atoms with Gasteiger partial charge >= 0.3 is 6.03 Å². The third-order valence-corrected chi connectivity index (χ3v) is 3.99. The standard InChI is InChI=1S/C15H19N3O3/c1-3-16-15(20)18-9-10-8-12(18)14(19)17(2)11-6-4-5-7-13(11)21-10/h4-7,10,12H,3,8-9H2,1-2H3,(H,16,20)/t10-,12-/m0/s1. The van der Waals surface area contributed by atoms with E-state index in [1.165, 1.54) is 0 Å². The van der Waals surface area contributed by atoms with E-state index in [9.17, 15) is 9.59 Å². The van der Waals surface area contributed by atoms with Crippen LogP contribution in [0.3, 0.4) is 0 Å². The van der Waals surface area contributed by atoms with Gasteiger partial charge in [0.1, 0.15) is 17.9 Å². The number of likely N-dealkylation sites (tertiary alicyclic amines) is 1. The second kappa shape index (κ2) is 5.27. The van der Waals surface area contributed by atoms with Gasteiger partial charge in [-0.25, -0.2) is 4.79 Å². The van der Waals surface area contributed by atoms with Gasteiger partial charge in [-0.05, 0) is 19.1 Å². The predicted octanol–water partition coefficient (Wildman–Crippen LogP) is 1.21. The van der Waals surface area contributed by atoms with E-state index in [1.807, 2.05) is 31.2 Å². The topological polar surface area (TPSA) is 61.9 Å². The molecule has 21 heavy (non-hydrogen) atoms. The molecule has 1 saturated heterocycles. The zero-order valence-corrected chi connectivity index (χ0v) is 12.2. The lowest BCUT2D eigenvalue weighted by atomic mass is 10.1. The number of fused-ring (bicyclic) bond motifs is 3. The maximum absolute atomic E-state index is 12.7. The van der Waals surface area contributed by atoms with E-state index in [2.05, 4.69) is 5.32 Å². The van der Waals surface area contributed by atoms with Gasteiger partial charge in [-0.15, -0.1) is 0 Å². The van der Waals surface area contributed by atoms with Crippen LogP contribution in [0, 0.1) is 0 Å². The smallest absolute Gasteiger partial charge is 0.318 e. The normalized spacial score (nSPS) is 24.0. The van der Waals surface area contributed by atoms with Gasteiger partial charge < -0.3 is 19.9 Å². The highest BCUT2D eigenvalue weighted by atomic mass is 16.5. The van der Waals surface area contributed by atoms with Crippen LogP contribution < -0.4 is 15.0 Å². The molecule has 1 N–H and O–H groups in total. The number of benzene rings is 1. The maximum Gasteiger partial charge on any atom is 0.318 e. The van der Waals surface area contributed by atoms with Gasteiger partial charge in [-0.3, -0.25) is 4.79 Å². The Labute approximate surface area is 123 Å². The molecule has 2 aliphatic heterocycles. The minimum atomic E-state index is -0.458. The number of anilines is 1. The molecule has 0 unspecified atom stereocenters. The first-order valence-electron chi connectivity index (χ1n) is 7.19. The molecule has 0 saturated carbocycles. The number of hydrogen-bond acceptors (Lipinski definition) is 3. The SMILES string of the molecule is CCNC(=O)N1C[C@@H]2C[C@H]1C(=O)N(C)c1ccccc1O2. The molecule has 6 nitrogen and oxygen atoms in total. The van der Waals surface area contributed by atoms with Crippen LogP contribution in [0.25, 0.3) is 0 Å². The summed E-state index contributed by atoms with van der Waals surface area (Å²) in [6.07, 6.45) is 0.394. The third-order valence-electron chi connectivity index (χ3n) is 3.99. The van der Waals surface area contributed by atoms with Crippen LogP contribution in [0.4, 0.5) is 10.5 Å². The van der Waals surface area contributed by atoms with Gasteiger partial charge in [0.05, 0.1) is 12.2 Å². The predicted molar refractivity (Wildman–Crippen MR) is 78.5 cm³/mol. The number of hydrogen-bond donors (Lipinski definition) is 1. The average molecular weight is 289 g/mol. The largest absolute Gasteiger partial charge is 0.486 e. The number of ether oxygens (including phenoxy) is 1. The molecular weight excluding hydrogens is 270 g/mol. The second-order valence-corrected chi connectivity index (χ2v) is 5.34. The van der Waals surface area contributed by atoms with Crippen molar-refractivity contribution in [3.05, 3.63) is 24.3 Å². The summed E-state index contributed by atoms with van der Waals surface area (Å²) in [5, 5.41) is 2.76. The fourth-order valence-corrected chi connectivity index (χ4v) is 2.95. The Morgan fingerprint density at radius 2 is 2.19 bits per heavy atom. The molecule has 2 atom stereocenters. The van der Waals surface area contributed by atoms with E-state index in [0.29, 0.717) is 25.3 Å². The Bertz CT molecular complexity index is 575. The van der Waals surface area contributed by atoms with Crippen LogP contribution >= 0.6 is 0 Å². The fraction of sp³-hybridized carbons (Fsp3) is 0.467. The molecule has 0 radical (unpaired) electrons. The third kappa shape index (κ3) is 2.30. The molecule has 0 aromatic heterocycles. The monoisotopic (exact) mass is 289 g/mol. The Morgan fingerprint density at radius 1 is 1.43 bits per heavy atom. The number of para-hydroxylation sites is 2. The summed E-state index contributed by atoms with van der Waals surface area (Å²) < 4.78 is 5.99. The second-order valence-electron chi connectivity index (χ2n) is 5.34. The minimum Gasteiger partial charge on any atom is -0.486 e. The minimum absolute atomic E-state index is 0.0699. The first-order chi connectivity index (χ1) is 10.1. The number of amides is 3. The van der Waals surface area contributed by atoms with Crippen molar-refractivity contribution in [2.45, 2.75) is 25.5 Å². The highest BCUT2D eigenvalue weighted by Crippen LogP contribution is 2.35.